The molecule has 1 aliphatic heterocycles. The fourth-order valence-corrected chi connectivity index (χ4v) is 2.94. The predicted molar refractivity (Wildman–Crippen MR) is 78.8 cm³/mol. The molecule has 2 nitrogen and oxygen atoms in total. The zero-order valence-corrected chi connectivity index (χ0v) is 12.7. The molecular formula is C16H14BrFO2. The first-order valence-corrected chi connectivity index (χ1v) is 7.26. The van der Waals surface area contributed by atoms with E-state index in [1.54, 1.807) is 6.07 Å². The number of fused-ring (bicyclic) bond motifs is 1. The van der Waals surface area contributed by atoms with Crippen molar-refractivity contribution in [3.05, 3.63) is 57.3 Å². The Balaban J connectivity index is 1.82. The summed E-state index contributed by atoms with van der Waals surface area (Å²) in [7, 11) is 0. The van der Waals surface area contributed by atoms with Gasteiger partial charge in [0.25, 0.3) is 0 Å². The lowest BCUT2D eigenvalue weighted by Crippen LogP contribution is -2.00. The standard InChI is InChI=1S/C16H14BrFO2/c1-10-6-14(18)2-3-15(10)20-9-12-8-13(17)7-11-4-5-19-16(11)12/h2-3,6-8H,4-5,9H2,1H3. The van der Waals surface area contributed by atoms with Crippen LogP contribution in [-0.4, -0.2) is 6.61 Å². The number of aryl methyl sites for hydroxylation is 1. The van der Waals surface area contributed by atoms with E-state index < -0.39 is 0 Å². The molecule has 0 aromatic heterocycles. The Hall–Kier alpha value is -1.55. The van der Waals surface area contributed by atoms with Gasteiger partial charge in [-0.1, -0.05) is 15.9 Å². The predicted octanol–water partition coefficient (Wildman–Crippen LogP) is 4.41. The normalized spacial score (nSPS) is 12.9. The lowest BCUT2D eigenvalue weighted by atomic mass is 10.1. The minimum absolute atomic E-state index is 0.249. The molecule has 20 heavy (non-hydrogen) atoms. The summed E-state index contributed by atoms with van der Waals surface area (Å²) in [6.07, 6.45) is 0.928. The second kappa shape index (κ2) is 5.44. The van der Waals surface area contributed by atoms with Gasteiger partial charge in [0, 0.05) is 16.5 Å². The maximum atomic E-state index is 13.1. The SMILES string of the molecule is Cc1cc(F)ccc1OCc1cc(Br)cc2c1OCC2. The van der Waals surface area contributed by atoms with Crippen LogP contribution in [0.15, 0.2) is 34.8 Å². The monoisotopic (exact) mass is 336 g/mol. The van der Waals surface area contributed by atoms with Gasteiger partial charge in [0.15, 0.2) is 0 Å². The third-order valence-corrected chi connectivity index (χ3v) is 3.80. The summed E-state index contributed by atoms with van der Waals surface area (Å²) in [5, 5.41) is 0. The van der Waals surface area contributed by atoms with Gasteiger partial charge in [-0.15, -0.1) is 0 Å². The van der Waals surface area contributed by atoms with Crippen LogP contribution in [0.2, 0.25) is 0 Å². The van der Waals surface area contributed by atoms with Crippen LogP contribution < -0.4 is 9.47 Å². The molecule has 0 fully saturated rings. The largest absolute Gasteiger partial charge is 0.493 e. The molecule has 0 aliphatic carbocycles. The fraction of sp³-hybridized carbons (Fsp3) is 0.250. The van der Waals surface area contributed by atoms with Crippen molar-refractivity contribution in [3.8, 4) is 11.5 Å². The molecular weight excluding hydrogens is 323 g/mol. The second-order valence-electron chi connectivity index (χ2n) is 4.85. The molecule has 4 heteroatoms. The first-order chi connectivity index (χ1) is 9.63. The molecule has 0 saturated heterocycles. The number of rotatable bonds is 3. The van der Waals surface area contributed by atoms with Crippen molar-refractivity contribution in [2.75, 3.05) is 6.61 Å². The molecule has 0 atom stereocenters. The van der Waals surface area contributed by atoms with E-state index in [1.807, 2.05) is 13.0 Å². The van der Waals surface area contributed by atoms with Gasteiger partial charge < -0.3 is 9.47 Å². The number of hydrogen-bond donors (Lipinski definition) is 0. The quantitative estimate of drug-likeness (QED) is 0.826. The minimum atomic E-state index is -0.249. The van der Waals surface area contributed by atoms with Crippen LogP contribution >= 0.6 is 15.9 Å². The van der Waals surface area contributed by atoms with Gasteiger partial charge in [-0.25, -0.2) is 4.39 Å². The molecule has 2 aromatic rings. The Morgan fingerprint density at radius 1 is 1.30 bits per heavy atom. The third kappa shape index (κ3) is 2.66. The van der Waals surface area contributed by atoms with E-state index in [9.17, 15) is 4.39 Å². The molecule has 0 saturated carbocycles. The number of ether oxygens (including phenoxy) is 2. The summed E-state index contributed by atoms with van der Waals surface area (Å²) < 4.78 is 25.5. The maximum Gasteiger partial charge on any atom is 0.129 e. The molecule has 1 aliphatic rings. The lowest BCUT2D eigenvalue weighted by molar-refractivity contribution is 0.290. The summed E-state index contributed by atoms with van der Waals surface area (Å²) in [5.74, 6) is 1.37. The summed E-state index contributed by atoms with van der Waals surface area (Å²) >= 11 is 3.51. The Kier molecular flexibility index (Phi) is 3.66. The van der Waals surface area contributed by atoms with E-state index in [4.69, 9.17) is 9.47 Å². The lowest BCUT2D eigenvalue weighted by Gasteiger charge is -2.12. The van der Waals surface area contributed by atoms with Gasteiger partial charge in [-0.05, 0) is 48.4 Å². The topological polar surface area (TPSA) is 18.5 Å². The van der Waals surface area contributed by atoms with E-state index in [0.29, 0.717) is 19.0 Å². The average molecular weight is 337 g/mol. The smallest absolute Gasteiger partial charge is 0.129 e. The molecule has 0 unspecified atom stereocenters. The first-order valence-electron chi connectivity index (χ1n) is 6.46. The number of halogens is 2. The van der Waals surface area contributed by atoms with Gasteiger partial charge in [-0.3, -0.25) is 0 Å². The van der Waals surface area contributed by atoms with E-state index >= 15 is 0 Å². The summed E-state index contributed by atoms with van der Waals surface area (Å²) in [6.45, 7) is 2.96. The van der Waals surface area contributed by atoms with E-state index in [2.05, 4.69) is 22.0 Å². The van der Waals surface area contributed by atoms with Crippen molar-refractivity contribution in [2.24, 2.45) is 0 Å². The van der Waals surface area contributed by atoms with Crippen molar-refractivity contribution in [3.63, 3.8) is 0 Å². The maximum absolute atomic E-state index is 13.1. The molecule has 3 rings (SSSR count). The van der Waals surface area contributed by atoms with Crippen molar-refractivity contribution >= 4 is 15.9 Å². The molecule has 0 bridgehead atoms. The van der Waals surface area contributed by atoms with Crippen LogP contribution in [0.5, 0.6) is 11.5 Å². The third-order valence-electron chi connectivity index (χ3n) is 3.35. The van der Waals surface area contributed by atoms with Crippen molar-refractivity contribution < 1.29 is 13.9 Å². The van der Waals surface area contributed by atoms with Crippen LogP contribution in [-0.2, 0) is 13.0 Å². The molecule has 0 spiro atoms. The molecule has 1 heterocycles. The minimum Gasteiger partial charge on any atom is -0.493 e. The zero-order chi connectivity index (χ0) is 14.1. The molecule has 0 N–H and O–H groups in total. The van der Waals surface area contributed by atoms with E-state index in [1.165, 1.54) is 17.7 Å². The fourth-order valence-electron chi connectivity index (χ4n) is 2.38. The van der Waals surface area contributed by atoms with Gasteiger partial charge >= 0.3 is 0 Å². The van der Waals surface area contributed by atoms with E-state index in [-0.39, 0.29) is 5.82 Å². The average Bonchev–Trinajstić information content (AvgIpc) is 2.85. The first kappa shape index (κ1) is 13.4. The Morgan fingerprint density at radius 2 is 2.15 bits per heavy atom. The highest BCUT2D eigenvalue weighted by atomic mass is 79.9. The Labute approximate surface area is 125 Å². The summed E-state index contributed by atoms with van der Waals surface area (Å²) in [4.78, 5) is 0. The summed E-state index contributed by atoms with van der Waals surface area (Å²) in [5.41, 5.74) is 3.00. The Bertz CT molecular complexity index is 655. The second-order valence-corrected chi connectivity index (χ2v) is 5.77. The van der Waals surface area contributed by atoms with E-state index in [0.717, 1.165) is 27.8 Å². The van der Waals surface area contributed by atoms with Crippen LogP contribution in [0.1, 0.15) is 16.7 Å². The molecule has 104 valence electrons. The van der Waals surface area contributed by atoms with Crippen LogP contribution in [0.3, 0.4) is 0 Å². The Morgan fingerprint density at radius 3 is 2.95 bits per heavy atom. The van der Waals surface area contributed by atoms with Crippen LogP contribution in [0.4, 0.5) is 4.39 Å². The van der Waals surface area contributed by atoms with Gasteiger partial charge in [0.2, 0.25) is 0 Å². The molecule has 0 amide bonds. The van der Waals surface area contributed by atoms with Crippen LogP contribution in [0, 0.1) is 12.7 Å². The molecule has 0 radical (unpaired) electrons. The summed E-state index contributed by atoms with van der Waals surface area (Å²) in [6, 6.07) is 8.61. The van der Waals surface area contributed by atoms with Crippen LogP contribution in [0.25, 0.3) is 0 Å². The highest BCUT2D eigenvalue weighted by Gasteiger charge is 2.18. The highest BCUT2D eigenvalue weighted by Crippen LogP contribution is 2.34. The molecule has 2 aromatic carbocycles. The van der Waals surface area contributed by atoms with Gasteiger partial charge in [-0.2, -0.15) is 0 Å². The van der Waals surface area contributed by atoms with Gasteiger partial charge in [0.1, 0.15) is 23.9 Å². The van der Waals surface area contributed by atoms with Crippen molar-refractivity contribution in [1.29, 1.82) is 0 Å². The van der Waals surface area contributed by atoms with Gasteiger partial charge in [0.05, 0.1) is 6.61 Å². The zero-order valence-electron chi connectivity index (χ0n) is 11.1. The van der Waals surface area contributed by atoms with Crippen molar-refractivity contribution in [1.82, 2.24) is 0 Å². The number of hydrogen-bond acceptors (Lipinski definition) is 2. The van der Waals surface area contributed by atoms with Crippen molar-refractivity contribution in [2.45, 2.75) is 20.0 Å². The highest BCUT2D eigenvalue weighted by molar-refractivity contribution is 9.10. The number of benzene rings is 2.